The molecule has 5 aliphatic rings. The first-order valence-corrected chi connectivity index (χ1v) is 19.4. The van der Waals surface area contributed by atoms with Crippen LogP contribution in [0, 0.1) is 35.0 Å². The van der Waals surface area contributed by atoms with Crippen molar-refractivity contribution in [2.45, 2.75) is 37.5 Å². The Morgan fingerprint density at radius 2 is 0.944 bits per heavy atom. The molecule has 0 amide bonds. The van der Waals surface area contributed by atoms with Crippen LogP contribution < -0.4 is 0 Å². The van der Waals surface area contributed by atoms with E-state index >= 15 is 0 Å². The monoisotopic (exact) mass is 694 g/mol. The van der Waals surface area contributed by atoms with Crippen molar-refractivity contribution in [3.63, 3.8) is 0 Å². The summed E-state index contributed by atoms with van der Waals surface area (Å²) in [4.78, 5) is 15.0. The fourth-order valence-electron chi connectivity index (χ4n) is 11.3. The van der Waals surface area contributed by atoms with Gasteiger partial charge in [0.1, 0.15) is 0 Å². The number of hydrogen-bond acceptors (Lipinski definition) is 4. The molecule has 0 unspecified atom stereocenters. The van der Waals surface area contributed by atoms with Crippen LogP contribution >= 0.6 is 0 Å². The maximum atomic E-state index is 10.1. The molecule has 0 atom stereocenters. The Balaban J connectivity index is 1.08. The molecule has 4 saturated carbocycles. The molecule has 0 saturated heterocycles. The molecular weight excluding hydrogens is 657 g/mol. The molecule has 1 aromatic heterocycles. The van der Waals surface area contributed by atoms with Gasteiger partial charge in [-0.1, -0.05) is 127 Å². The second-order valence-corrected chi connectivity index (χ2v) is 15.9. The van der Waals surface area contributed by atoms with Gasteiger partial charge < -0.3 is 0 Å². The van der Waals surface area contributed by atoms with E-state index in [9.17, 15) is 5.26 Å². The lowest BCUT2D eigenvalue weighted by Crippen LogP contribution is -2.55. The van der Waals surface area contributed by atoms with Gasteiger partial charge in [0.2, 0.25) is 0 Å². The van der Waals surface area contributed by atoms with Gasteiger partial charge in [-0.25, -0.2) is 15.0 Å². The second-order valence-electron chi connectivity index (χ2n) is 15.9. The second kappa shape index (κ2) is 12.2. The maximum Gasteiger partial charge on any atom is 0.164 e. The summed E-state index contributed by atoms with van der Waals surface area (Å²) in [5.74, 6) is 4.84. The van der Waals surface area contributed by atoms with Crippen molar-refractivity contribution in [3.8, 4) is 73.6 Å². The molecule has 4 fully saturated rings. The first-order valence-electron chi connectivity index (χ1n) is 19.4. The predicted molar refractivity (Wildman–Crippen MR) is 215 cm³/mol. The Kier molecular flexibility index (Phi) is 7.07. The highest BCUT2D eigenvalue weighted by Gasteiger charge is 2.62. The van der Waals surface area contributed by atoms with E-state index in [-0.39, 0.29) is 5.41 Å². The topological polar surface area (TPSA) is 62.5 Å². The summed E-state index contributed by atoms with van der Waals surface area (Å²) in [5.41, 5.74) is 14.1. The zero-order valence-corrected chi connectivity index (χ0v) is 30.0. The Hall–Kier alpha value is -6.18. The lowest BCUT2D eigenvalue weighted by molar-refractivity contribution is -0.0397. The molecular formula is C50H38N4. The summed E-state index contributed by atoms with van der Waals surface area (Å²) in [6.45, 7) is 0. The number of fused-ring (bicyclic) bond motifs is 3. The van der Waals surface area contributed by atoms with Crippen molar-refractivity contribution in [3.05, 3.63) is 162 Å². The van der Waals surface area contributed by atoms with E-state index in [1.807, 2.05) is 42.5 Å². The standard InChI is InChI=1S/C50H38N4/c51-30-31-21-22-42-44-20-10-19-43(46(44)50(45(42)28-31)38-24-32-23-33(26-38)27-39(50)25-32)41-18-8-7-17-40(41)36-15-9-16-37(29-36)49-53-47(34-11-3-1-4-12-34)52-48(54-49)35-13-5-2-6-14-35/h1-22,28-29,32-33,38-39H,23-27H2. The van der Waals surface area contributed by atoms with Crippen LogP contribution in [0.4, 0.5) is 0 Å². The summed E-state index contributed by atoms with van der Waals surface area (Å²) in [7, 11) is 0. The first-order chi connectivity index (χ1) is 26.7. The fourth-order valence-corrected chi connectivity index (χ4v) is 11.3. The van der Waals surface area contributed by atoms with Gasteiger partial charge in [0.25, 0.3) is 0 Å². The first kappa shape index (κ1) is 31.4. The number of nitrogens with zero attached hydrogens (tertiary/aromatic N) is 4. The van der Waals surface area contributed by atoms with Crippen LogP contribution in [-0.4, -0.2) is 15.0 Å². The van der Waals surface area contributed by atoms with Gasteiger partial charge in [-0.15, -0.1) is 0 Å². The summed E-state index contributed by atoms with van der Waals surface area (Å²) >= 11 is 0. The molecule has 4 heteroatoms. The van der Waals surface area contributed by atoms with Crippen molar-refractivity contribution in [1.29, 1.82) is 5.26 Å². The third-order valence-corrected chi connectivity index (χ3v) is 13.1. The SMILES string of the molecule is N#Cc1ccc2c(c1)C1(c3c(-c4ccccc4-c4cccc(-c5nc(-c6ccccc6)nc(-c6ccccc6)n5)c4)cccc3-2)C2CC3CC(C2)CC1C3. The molecule has 0 radical (unpaired) electrons. The van der Waals surface area contributed by atoms with Gasteiger partial charge in [-0.3, -0.25) is 0 Å². The maximum absolute atomic E-state index is 10.1. The summed E-state index contributed by atoms with van der Waals surface area (Å²) < 4.78 is 0. The molecule has 6 aromatic carbocycles. The molecule has 4 bridgehead atoms. The van der Waals surface area contributed by atoms with E-state index in [4.69, 9.17) is 15.0 Å². The zero-order valence-electron chi connectivity index (χ0n) is 30.0. The van der Waals surface area contributed by atoms with E-state index in [1.54, 1.807) is 0 Å². The molecule has 258 valence electrons. The smallest absolute Gasteiger partial charge is 0.164 e. The van der Waals surface area contributed by atoms with Crippen LogP contribution in [0.5, 0.6) is 0 Å². The van der Waals surface area contributed by atoms with Gasteiger partial charge in [0.15, 0.2) is 17.5 Å². The Morgan fingerprint density at radius 1 is 0.444 bits per heavy atom. The third-order valence-electron chi connectivity index (χ3n) is 13.1. The number of aromatic nitrogens is 3. The Bertz CT molecular complexity index is 2550. The fraction of sp³-hybridized carbons (Fsp3) is 0.200. The highest BCUT2D eigenvalue weighted by molar-refractivity contribution is 5.94. The van der Waals surface area contributed by atoms with E-state index in [0.29, 0.717) is 29.3 Å². The van der Waals surface area contributed by atoms with Crippen LogP contribution in [-0.2, 0) is 5.41 Å². The summed E-state index contributed by atoms with van der Waals surface area (Å²) in [5, 5.41) is 10.1. The Morgan fingerprint density at radius 3 is 1.57 bits per heavy atom. The minimum absolute atomic E-state index is 0.0664. The van der Waals surface area contributed by atoms with Crippen LogP contribution in [0.15, 0.2) is 146 Å². The van der Waals surface area contributed by atoms with E-state index < -0.39 is 0 Å². The van der Waals surface area contributed by atoms with Gasteiger partial charge >= 0.3 is 0 Å². The van der Waals surface area contributed by atoms with Crippen molar-refractivity contribution in [1.82, 2.24) is 15.0 Å². The molecule has 54 heavy (non-hydrogen) atoms. The van der Waals surface area contributed by atoms with Crippen molar-refractivity contribution < 1.29 is 0 Å². The van der Waals surface area contributed by atoms with Gasteiger partial charge in [0, 0.05) is 22.1 Å². The Labute approximate surface area is 316 Å². The number of nitriles is 1. The van der Waals surface area contributed by atoms with Gasteiger partial charge in [0.05, 0.1) is 11.6 Å². The highest BCUT2D eigenvalue weighted by atomic mass is 15.0. The highest BCUT2D eigenvalue weighted by Crippen LogP contribution is 2.70. The summed E-state index contributed by atoms with van der Waals surface area (Å²) in [6, 6.07) is 53.9. The van der Waals surface area contributed by atoms with E-state index in [0.717, 1.165) is 39.7 Å². The molecule has 0 N–H and O–H groups in total. The van der Waals surface area contributed by atoms with Gasteiger partial charge in [-0.2, -0.15) is 5.26 Å². The largest absolute Gasteiger partial charge is 0.208 e. The van der Waals surface area contributed by atoms with E-state index in [1.165, 1.54) is 71.0 Å². The lowest BCUT2D eigenvalue weighted by Gasteiger charge is -2.61. The molecule has 7 aromatic rings. The molecule has 5 aliphatic carbocycles. The minimum Gasteiger partial charge on any atom is -0.208 e. The minimum atomic E-state index is -0.0664. The average Bonchev–Trinajstić information content (AvgIpc) is 3.53. The molecule has 12 rings (SSSR count). The van der Waals surface area contributed by atoms with Crippen molar-refractivity contribution in [2.75, 3.05) is 0 Å². The normalized spacial score (nSPS) is 22.9. The van der Waals surface area contributed by atoms with E-state index in [2.05, 4.69) is 109 Å². The van der Waals surface area contributed by atoms with Crippen LogP contribution in [0.3, 0.4) is 0 Å². The zero-order chi connectivity index (χ0) is 35.8. The van der Waals surface area contributed by atoms with Gasteiger partial charge in [-0.05, 0) is 118 Å². The predicted octanol–water partition coefficient (Wildman–Crippen LogP) is 11.8. The number of hydrogen-bond donors (Lipinski definition) is 0. The lowest BCUT2D eigenvalue weighted by atomic mass is 9.42. The third kappa shape index (κ3) is 4.71. The molecule has 0 aliphatic heterocycles. The van der Waals surface area contributed by atoms with Crippen LogP contribution in [0.1, 0.15) is 48.8 Å². The van der Waals surface area contributed by atoms with Crippen molar-refractivity contribution >= 4 is 0 Å². The number of benzene rings is 6. The summed E-state index contributed by atoms with van der Waals surface area (Å²) in [6.07, 6.45) is 6.58. The van der Waals surface area contributed by atoms with Crippen LogP contribution in [0.2, 0.25) is 0 Å². The average molecular weight is 695 g/mol. The molecule has 4 nitrogen and oxygen atoms in total. The molecule has 1 spiro atoms. The molecule has 1 heterocycles. The van der Waals surface area contributed by atoms with Crippen LogP contribution in [0.25, 0.3) is 67.5 Å². The number of rotatable bonds is 5. The quantitative estimate of drug-likeness (QED) is 0.180. The van der Waals surface area contributed by atoms with Crippen molar-refractivity contribution in [2.24, 2.45) is 23.7 Å².